The highest BCUT2D eigenvalue weighted by Crippen LogP contribution is 2.26. The number of anilines is 1. The molecule has 0 fully saturated rings. The molecule has 0 atom stereocenters. The zero-order valence-corrected chi connectivity index (χ0v) is 9.87. The molecule has 0 aliphatic carbocycles. The second kappa shape index (κ2) is 7.15. The van der Waals surface area contributed by atoms with E-state index < -0.39 is 11.9 Å². The Morgan fingerprint density at radius 2 is 1.78 bits per heavy atom. The molecule has 1 rings (SSSR count). The highest BCUT2D eigenvalue weighted by atomic mass is 19.4. The summed E-state index contributed by atoms with van der Waals surface area (Å²) in [6, 6.07) is 2.17. The zero-order valence-electron chi connectivity index (χ0n) is 9.87. The SMILES string of the molecule is OCCCCCCNc1ccc(C(F)(F)F)nn1. The predicted octanol–water partition coefficient (Wildman–Crippen LogP) is 2.46. The maximum Gasteiger partial charge on any atom is 0.435 e. The van der Waals surface area contributed by atoms with Gasteiger partial charge in [-0.3, -0.25) is 0 Å². The van der Waals surface area contributed by atoms with E-state index in [2.05, 4.69) is 15.5 Å². The molecule has 0 bridgehead atoms. The van der Waals surface area contributed by atoms with E-state index in [-0.39, 0.29) is 6.61 Å². The highest BCUT2D eigenvalue weighted by Gasteiger charge is 2.32. The van der Waals surface area contributed by atoms with Gasteiger partial charge < -0.3 is 10.4 Å². The summed E-state index contributed by atoms with van der Waals surface area (Å²) in [5.41, 5.74) is -0.990. The minimum atomic E-state index is -4.45. The summed E-state index contributed by atoms with van der Waals surface area (Å²) in [5.74, 6) is 0.338. The molecule has 0 saturated heterocycles. The molecule has 7 heteroatoms. The molecule has 0 aliphatic rings. The fraction of sp³-hybridized carbons (Fsp3) is 0.636. The van der Waals surface area contributed by atoms with Crippen LogP contribution in [0.1, 0.15) is 31.4 Å². The van der Waals surface area contributed by atoms with Gasteiger partial charge >= 0.3 is 6.18 Å². The Hall–Kier alpha value is -1.37. The molecule has 1 aromatic heterocycles. The van der Waals surface area contributed by atoms with Crippen LogP contribution in [0.2, 0.25) is 0 Å². The molecule has 102 valence electrons. The fourth-order valence-corrected chi connectivity index (χ4v) is 1.38. The molecule has 18 heavy (non-hydrogen) atoms. The number of nitrogens with one attached hydrogen (secondary N) is 1. The number of aliphatic hydroxyl groups excluding tert-OH is 1. The van der Waals surface area contributed by atoms with Crippen LogP contribution in [0.4, 0.5) is 19.0 Å². The van der Waals surface area contributed by atoms with Crippen LogP contribution >= 0.6 is 0 Å². The third-order valence-corrected chi connectivity index (χ3v) is 2.35. The van der Waals surface area contributed by atoms with Crippen molar-refractivity contribution in [1.29, 1.82) is 0 Å². The summed E-state index contributed by atoms with van der Waals surface area (Å²) in [7, 11) is 0. The van der Waals surface area contributed by atoms with Crippen LogP contribution in [0.3, 0.4) is 0 Å². The number of aliphatic hydroxyl groups is 1. The lowest BCUT2D eigenvalue weighted by atomic mass is 10.2. The number of aromatic nitrogens is 2. The number of alkyl halides is 3. The molecule has 0 aromatic carbocycles. The number of hydrogen-bond acceptors (Lipinski definition) is 4. The van der Waals surface area contributed by atoms with E-state index in [1.54, 1.807) is 0 Å². The zero-order chi connectivity index (χ0) is 13.4. The monoisotopic (exact) mass is 263 g/mol. The number of nitrogens with zero attached hydrogens (tertiary/aromatic N) is 2. The van der Waals surface area contributed by atoms with Crippen molar-refractivity contribution in [2.45, 2.75) is 31.9 Å². The van der Waals surface area contributed by atoms with E-state index in [0.29, 0.717) is 12.4 Å². The van der Waals surface area contributed by atoms with Crippen molar-refractivity contribution in [3.8, 4) is 0 Å². The van der Waals surface area contributed by atoms with Crippen LogP contribution in [0, 0.1) is 0 Å². The smallest absolute Gasteiger partial charge is 0.396 e. The van der Waals surface area contributed by atoms with Crippen LogP contribution in [0.15, 0.2) is 12.1 Å². The van der Waals surface area contributed by atoms with Crippen molar-refractivity contribution < 1.29 is 18.3 Å². The van der Waals surface area contributed by atoms with Gasteiger partial charge in [0.1, 0.15) is 5.82 Å². The second-order valence-corrected chi connectivity index (χ2v) is 3.87. The molecule has 1 heterocycles. The Balaban J connectivity index is 2.27. The molecule has 0 aliphatic heterocycles. The maximum absolute atomic E-state index is 12.2. The van der Waals surface area contributed by atoms with Crippen molar-refractivity contribution in [2.24, 2.45) is 0 Å². The molecule has 0 saturated carbocycles. The third kappa shape index (κ3) is 5.31. The first-order valence-electron chi connectivity index (χ1n) is 5.79. The Labute approximate surface area is 103 Å². The van der Waals surface area contributed by atoms with E-state index in [4.69, 9.17) is 5.11 Å². The second-order valence-electron chi connectivity index (χ2n) is 3.87. The normalized spacial score (nSPS) is 11.6. The number of halogens is 3. The molecular formula is C11H16F3N3O. The topological polar surface area (TPSA) is 58.0 Å². The van der Waals surface area contributed by atoms with Gasteiger partial charge in [-0.2, -0.15) is 13.2 Å². The summed E-state index contributed by atoms with van der Waals surface area (Å²) in [6.45, 7) is 0.823. The Morgan fingerprint density at radius 3 is 2.33 bits per heavy atom. The first-order chi connectivity index (χ1) is 8.54. The van der Waals surface area contributed by atoms with E-state index >= 15 is 0 Å². The molecule has 0 unspecified atom stereocenters. The van der Waals surface area contributed by atoms with Gasteiger partial charge in [0.15, 0.2) is 5.69 Å². The summed E-state index contributed by atoms with van der Waals surface area (Å²) >= 11 is 0. The van der Waals surface area contributed by atoms with Crippen molar-refractivity contribution >= 4 is 5.82 Å². The summed E-state index contributed by atoms with van der Waals surface area (Å²) in [4.78, 5) is 0. The highest BCUT2D eigenvalue weighted by molar-refractivity contribution is 5.33. The van der Waals surface area contributed by atoms with Crippen molar-refractivity contribution in [1.82, 2.24) is 10.2 Å². The third-order valence-electron chi connectivity index (χ3n) is 2.35. The molecule has 1 aromatic rings. The largest absolute Gasteiger partial charge is 0.435 e. The number of rotatable bonds is 7. The minimum absolute atomic E-state index is 0.192. The quantitative estimate of drug-likeness (QED) is 0.742. The van der Waals surface area contributed by atoms with Gasteiger partial charge in [0.05, 0.1) is 0 Å². The van der Waals surface area contributed by atoms with E-state index in [0.717, 1.165) is 31.7 Å². The lowest BCUT2D eigenvalue weighted by Crippen LogP contribution is -2.11. The predicted molar refractivity (Wildman–Crippen MR) is 61.1 cm³/mol. The number of hydrogen-bond donors (Lipinski definition) is 2. The van der Waals surface area contributed by atoms with Crippen molar-refractivity contribution in [3.05, 3.63) is 17.8 Å². The van der Waals surface area contributed by atoms with E-state index in [1.807, 2.05) is 0 Å². The first-order valence-corrected chi connectivity index (χ1v) is 5.79. The van der Waals surface area contributed by atoms with Gasteiger partial charge in [-0.15, -0.1) is 10.2 Å². The van der Waals surface area contributed by atoms with Crippen molar-refractivity contribution in [2.75, 3.05) is 18.5 Å². The molecule has 0 amide bonds. The van der Waals surface area contributed by atoms with Crippen LogP contribution in [0.25, 0.3) is 0 Å². The van der Waals surface area contributed by atoms with Crippen LogP contribution in [-0.4, -0.2) is 28.5 Å². The Morgan fingerprint density at radius 1 is 1.06 bits per heavy atom. The Kier molecular flexibility index (Phi) is 5.84. The average molecular weight is 263 g/mol. The number of unbranched alkanes of at least 4 members (excludes halogenated alkanes) is 3. The molecule has 2 N–H and O–H groups in total. The maximum atomic E-state index is 12.2. The standard InChI is InChI=1S/C11H16F3N3O/c12-11(13,14)9-5-6-10(17-16-9)15-7-3-1-2-4-8-18/h5-6,18H,1-4,7-8H2,(H,15,17). The first kappa shape index (κ1) is 14.7. The molecule has 0 radical (unpaired) electrons. The van der Waals surface area contributed by atoms with E-state index in [1.165, 1.54) is 6.07 Å². The van der Waals surface area contributed by atoms with Gasteiger partial charge in [-0.05, 0) is 25.0 Å². The minimum Gasteiger partial charge on any atom is -0.396 e. The summed E-state index contributed by atoms with van der Waals surface area (Å²) in [6.07, 6.45) is -0.892. The van der Waals surface area contributed by atoms with Crippen LogP contribution in [-0.2, 0) is 6.18 Å². The lowest BCUT2D eigenvalue weighted by Gasteiger charge is -2.07. The average Bonchev–Trinajstić information content (AvgIpc) is 2.33. The lowest BCUT2D eigenvalue weighted by molar-refractivity contribution is -0.141. The van der Waals surface area contributed by atoms with Gasteiger partial charge in [-0.25, -0.2) is 0 Å². The van der Waals surface area contributed by atoms with Gasteiger partial charge in [0.2, 0.25) is 0 Å². The Bertz CT molecular complexity index is 340. The molecule has 4 nitrogen and oxygen atoms in total. The molecular weight excluding hydrogens is 247 g/mol. The van der Waals surface area contributed by atoms with Crippen LogP contribution < -0.4 is 5.32 Å². The van der Waals surface area contributed by atoms with Crippen molar-refractivity contribution in [3.63, 3.8) is 0 Å². The fourth-order valence-electron chi connectivity index (χ4n) is 1.38. The van der Waals surface area contributed by atoms with E-state index in [9.17, 15) is 13.2 Å². The van der Waals surface area contributed by atoms with Crippen LogP contribution in [0.5, 0.6) is 0 Å². The summed E-state index contributed by atoms with van der Waals surface area (Å²) in [5, 5.41) is 18.0. The van der Waals surface area contributed by atoms with Gasteiger partial charge in [0.25, 0.3) is 0 Å². The molecule has 0 spiro atoms. The summed E-state index contributed by atoms with van der Waals surface area (Å²) < 4.78 is 36.6. The van der Waals surface area contributed by atoms with Gasteiger partial charge in [0, 0.05) is 13.2 Å². The van der Waals surface area contributed by atoms with Gasteiger partial charge in [-0.1, -0.05) is 12.8 Å².